The molecule has 1 aromatic carbocycles. The van der Waals surface area contributed by atoms with E-state index < -0.39 is 47.9 Å². The van der Waals surface area contributed by atoms with Gasteiger partial charge in [0.25, 0.3) is 0 Å². The van der Waals surface area contributed by atoms with E-state index >= 15 is 0 Å². The lowest BCUT2D eigenvalue weighted by Crippen LogP contribution is -2.56. The number of nitrogen functional groups attached to an aromatic ring is 1. The largest absolute Gasteiger partial charge is 0.394 e. The van der Waals surface area contributed by atoms with Crippen LogP contribution in [0.3, 0.4) is 0 Å². The Morgan fingerprint density at radius 2 is 1.96 bits per heavy atom. The summed E-state index contributed by atoms with van der Waals surface area (Å²) in [7, 11) is 0. The fourth-order valence-corrected chi connectivity index (χ4v) is 2.92. The predicted molar refractivity (Wildman–Crippen MR) is 85.6 cm³/mol. The monoisotopic (exact) mass is 365 g/mol. The van der Waals surface area contributed by atoms with E-state index in [2.05, 4.69) is 4.98 Å². The van der Waals surface area contributed by atoms with Crippen LogP contribution in [-0.2, 0) is 10.5 Å². The standard InChI is InChI=1S/C16H16FN3O6/c17-9-3-1-8(2-4-9)13(23)16(14(24)12(22)10(7-21)26-16)20-6-5-11(18)19-15(20)25/h1-6,10,12,14,21-22,24H,7H2,(H2,18,19,25)/t10-,12-,14-,16-/m1/s1. The minimum Gasteiger partial charge on any atom is -0.394 e. The molecule has 1 aromatic heterocycles. The Morgan fingerprint density at radius 3 is 2.50 bits per heavy atom. The van der Waals surface area contributed by atoms with Crippen molar-refractivity contribution in [2.24, 2.45) is 0 Å². The number of aromatic nitrogens is 2. The zero-order valence-corrected chi connectivity index (χ0v) is 13.3. The van der Waals surface area contributed by atoms with Crippen LogP contribution in [0.4, 0.5) is 10.2 Å². The van der Waals surface area contributed by atoms with Crippen molar-refractivity contribution in [3.8, 4) is 0 Å². The van der Waals surface area contributed by atoms with Gasteiger partial charge in [0.2, 0.25) is 11.5 Å². The molecular weight excluding hydrogens is 349 g/mol. The van der Waals surface area contributed by atoms with Crippen molar-refractivity contribution in [2.75, 3.05) is 12.3 Å². The molecule has 5 N–H and O–H groups in total. The summed E-state index contributed by atoms with van der Waals surface area (Å²) in [6.45, 7) is -0.714. The van der Waals surface area contributed by atoms with Gasteiger partial charge in [-0.15, -0.1) is 0 Å². The highest BCUT2D eigenvalue weighted by Crippen LogP contribution is 2.37. The highest BCUT2D eigenvalue weighted by Gasteiger charge is 2.60. The van der Waals surface area contributed by atoms with Crippen molar-refractivity contribution in [3.63, 3.8) is 0 Å². The van der Waals surface area contributed by atoms with Gasteiger partial charge in [-0.05, 0) is 30.3 Å². The molecule has 0 unspecified atom stereocenters. The number of Topliss-reactive ketones (excluding diaryl/α,β-unsaturated/α-hetero) is 1. The van der Waals surface area contributed by atoms with Crippen molar-refractivity contribution in [3.05, 3.63) is 58.4 Å². The lowest BCUT2D eigenvalue weighted by Gasteiger charge is -2.32. The quantitative estimate of drug-likeness (QED) is 0.484. The van der Waals surface area contributed by atoms with Crippen LogP contribution in [0.2, 0.25) is 0 Å². The summed E-state index contributed by atoms with van der Waals surface area (Å²) < 4.78 is 19.3. The average Bonchev–Trinajstić information content (AvgIpc) is 2.87. The summed E-state index contributed by atoms with van der Waals surface area (Å²) in [5, 5.41) is 30.0. The van der Waals surface area contributed by atoms with Gasteiger partial charge in [-0.3, -0.25) is 9.36 Å². The molecule has 3 rings (SSSR count). The second-order valence-electron chi connectivity index (χ2n) is 5.81. The molecule has 1 aliphatic rings. The Kier molecular flexibility index (Phi) is 4.59. The summed E-state index contributed by atoms with van der Waals surface area (Å²) in [5.74, 6) is -1.64. The molecule has 0 radical (unpaired) electrons. The third kappa shape index (κ3) is 2.69. The first-order chi connectivity index (χ1) is 12.3. The number of carbonyl (C=O) groups excluding carboxylic acids is 1. The molecule has 0 aliphatic carbocycles. The molecule has 1 aliphatic heterocycles. The molecule has 0 saturated carbocycles. The number of ketones is 1. The highest BCUT2D eigenvalue weighted by atomic mass is 19.1. The second-order valence-corrected chi connectivity index (χ2v) is 5.81. The Bertz CT molecular complexity index is 886. The molecule has 10 heteroatoms. The van der Waals surface area contributed by atoms with Crippen LogP contribution in [0.15, 0.2) is 41.3 Å². The van der Waals surface area contributed by atoms with E-state index in [0.717, 1.165) is 30.5 Å². The maximum absolute atomic E-state index is 13.2. The summed E-state index contributed by atoms with van der Waals surface area (Å²) in [6.07, 6.45) is -3.81. The van der Waals surface area contributed by atoms with Gasteiger partial charge >= 0.3 is 5.69 Å². The third-order valence-corrected chi connectivity index (χ3v) is 4.23. The Labute approximate surface area is 146 Å². The first-order valence-corrected chi connectivity index (χ1v) is 7.62. The molecule has 2 aromatic rings. The molecule has 0 spiro atoms. The van der Waals surface area contributed by atoms with Crippen LogP contribution in [0, 0.1) is 5.82 Å². The van der Waals surface area contributed by atoms with Crippen LogP contribution in [0.5, 0.6) is 0 Å². The average molecular weight is 365 g/mol. The first kappa shape index (κ1) is 18.1. The Morgan fingerprint density at radius 1 is 1.31 bits per heavy atom. The summed E-state index contributed by atoms with van der Waals surface area (Å²) in [5.41, 5.74) is 1.95. The van der Waals surface area contributed by atoms with Gasteiger partial charge in [0.05, 0.1) is 6.61 Å². The molecule has 1 fully saturated rings. The SMILES string of the molecule is Nc1ccn([C@]2(C(=O)c3ccc(F)cc3)O[C@H](CO)[C@@H](O)[C@H]2O)c(=O)n1. The van der Waals surface area contributed by atoms with E-state index in [1.807, 2.05) is 0 Å². The maximum Gasteiger partial charge on any atom is 0.352 e. The van der Waals surface area contributed by atoms with Crippen molar-refractivity contribution in [2.45, 2.75) is 24.0 Å². The number of aliphatic hydroxyl groups is 3. The summed E-state index contributed by atoms with van der Waals surface area (Å²) >= 11 is 0. The first-order valence-electron chi connectivity index (χ1n) is 7.62. The topological polar surface area (TPSA) is 148 Å². The van der Waals surface area contributed by atoms with Gasteiger partial charge in [0.15, 0.2) is 0 Å². The number of nitrogens with zero attached hydrogens (tertiary/aromatic N) is 2. The van der Waals surface area contributed by atoms with Gasteiger partial charge in [0, 0.05) is 11.8 Å². The molecule has 4 atom stereocenters. The van der Waals surface area contributed by atoms with E-state index in [1.165, 1.54) is 6.07 Å². The molecule has 9 nitrogen and oxygen atoms in total. The normalized spacial score (nSPS) is 28.2. The van der Waals surface area contributed by atoms with E-state index in [9.17, 15) is 29.3 Å². The number of hydrogen-bond donors (Lipinski definition) is 4. The third-order valence-electron chi connectivity index (χ3n) is 4.23. The predicted octanol–water partition coefficient (Wildman–Crippen LogP) is -1.39. The lowest BCUT2D eigenvalue weighted by molar-refractivity contribution is -0.117. The van der Waals surface area contributed by atoms with E-state index in [4.69, 9.17) is 10.5 Å². The molecule has 0 bridgehead atoms. The van der Waals surface area contributed by atoms with Gasteiger partial charge in [-0.25, -0.2) is 9.18 Å². The van der Waals surface area contributed by atoms with Crippen molar-refractivity contribution in [1.29, 1.82) is 0 Å². The number of halogens is 1. The number of carbonyl (C=O) groups is 1. The Hall–Kier alpha value is -2.66. The number of aliphatic hydroxyl groups excluding tert-OH is 3. The molecule has 2 heterocycles. The van der Waals surface area contributed by atoms with Crippen LogP contribution in [0.25, 0.3) is 0 Å². The van der Waals surface area contributed by atoms with Crippen LogP contribution >= 0.6 is 0 Å². The fraction of sp³-hybridized carbons (Fsp3) is 0.312. The van der Waals surface area contributed by atoms with Gasteiger partial charge < -0.3 is 25.8 Å². The minimum absolute atomic E-state index is 0.0834. The van der Waals surface area contributed by atoms with Gasteiger partial charge in [0.1, 0.15) is 29.9 Å². The zero-order valence-electron chi connectivity index (χ0n) is 13.3. The van der Waals surface area contributed by atoms with Crippen molar-refractivity contribution < 1.29 is 29.2 Å². The molecule has 26 heavy (non-hydrogen) atoms. The number of rotatable bonds is 4. The Balaban J connectivity index is 2.21. The van der Waals surface area contributed by atoms with Crippen LogP contribution in [-0.4, -0.2) is 55.6 Å². The summed E-state index contributed by atoms with van der Waals surface area (Å²) in [4.78, 5) is 28.9. The molecular formula is C16H16FN3O6. The number of nitrogens with two attached hydrogens (primary N) is 1. The molecule has 1 saturated heterocycles. The van der Waals surface area contributed by atoms with Crippen molar-refractivity contribution >= 4 is 11.6 Å². The maximum atomic E-state index is 13.2. The second kappa shape index (κ2) is 6.57. The molecule has 0 amide bonds. The van der Waals surface area contributed by atoms with Crippen LogP contribution < -0.4 is 11.4 Å². The van der Waals surface area contributed by atoms with E-state index in [-0.39, 0.29) is 11.4 Å². The van der Waals surface area contributed by atoms with E-state index in [0.29, 0.717) is 4.57 Å². The van der Waals surface area contributed by atoms with Gasteiger partial charge in [-0.2, -0.15) is 4.98 Å². The number of benzene rings is 1. The highest BCUT2D eigenvalue weighted by molar-refractivity contribution is 6.01. The van der Waals surface area contributed by atoms with Crippen molar-refractivity contribution in [1.82, 2.24) is 9.55 Å². The number of ether oxygens (including phenoxy) is 1. The lowest BCUT2D eigenvalue weighted by atomic mass is 9.93. The summed E-state index contributed by atoms with van der Waals surface area (Å²) in [6, 6.07) is 5.53. The van der Waals surface area contributed by atoms with Crippen LogP contribution in [0.1, 0.15) is 10.4 Å². The molecule has 138 valence electrons. The van der Waals surface area contributed by atoms with Gasteiger partial charge in [-0.1, -0.05) is 0 Å². The zero-order chi connectivity index (χ0) is 19.1. The number of hydrogen-bond acceptors (Lipinski definition) is 8. The minimum atomic E-state index is -2.40. The number of anilines is 1. The van der Waals surface area contributed by atoms with E-state index in [1.54, 1.807) is 0 Å². The fourth-order valence-electron chi connectivity index (χ4n) is 2.92. The smallest absolute Gasteiger partial charge is 0.352 e.